The standard InChI is InChI=1S/C13H11ClN2O2/c14-9-3-6-11(15)12(7-9)16-13(18)8-1-4-10(17)5-2-8/h1-7,17H,15H2,(H,16,18). The lowest BCUT2D eigenvalue weighted by molar-refractivity contribution is 0.102. The van der Waals surface area contributed by atoms with Crippen molar-refractivity contribution in [3.63, 3.8) is 0 Å². The van der Waals surface area contributed by atoms with E-state index >= 15 is 0 Å². The van der Waals surface area contributed by atoms with Crippen molar-refractivity contribution in [1.29, 1.82) is 0 Å². The first kappa shape index (κ1) is 12.3. The second-order valence-corrected chi connectivity index (χ2v) is 4.17. The molecule has 0 saturated heterocycles. The minimum absolute atomic E-state index is 0.105. The highest BCUT2D eigenvalue weighted by molar-refractivity contribution is 6.31. The number of anilines is 2. The van der Waals surface area contributed by atoms with Crippen LogP contribution in [0.2, 0.25) is 5.02 Å². The SMILES string of the molecule is Nc1ccc(Cl)cc1NC(=O)c1ccc(O)cc1. The Morgan fingerprint density at radius 3 is 2.50 bits per heavy atom. The molecule has 2 aromatic rings. The molecule has 0 aliphatic rings. The van der Waals surface area contributed by atoms with Gasteiger partial charge in [0.05, 0.1) is 11.4 Å². The van der Waals surface area contributed by atoms with Gasteiger partial charge < -0.3 is 16.2 Å². The Labute approximate surface area is 109 Å². The first-order valence-electron chi connectivity index (χ1n) is 5.21. The van der Waals surface area contributed by atoms with Crippen molar-refractivity contribution in [2.45, 2.75) is 0 Å². The van der Waals surface area contributed by atoms with E-state index in [-0.39, 0.29) is 11.7 Å². The first-order valence-corrected chi connectivity index (χ1v) is 5.59. The van der Waals surface area contributed by atoms with Crippen LogP contribution >= 0.6 is 11.6 Å². The van der Waals surface area contributed by atoms with Crippen LogP contribution in [-0.2, 0) is 0 Å². The number of nitrogens with one attached hydrogen (secondary N) is 1. The van der Waals surface area contributed by atoms with Crippen LogP contribution in [-0.4, -0.2) is 11.0 Å². The van der Waals surface area contributed by atoms with Crippen molar-refractivity contribution >= 4 is 28.9 Å². The normalized spacial score (nSPS) is 10.1. The fourth-order valence-electron chi connectivity index (χ4n) is 1.44. The highest BCUT2D eigenvalue weighted by Gasteiger charge is 2.08. The predicted octanol–water partition coefficient (Wildman–Crippen LogP) is 2.88. The molecule has 2 rings (SSSR count). The lowest BCUT2D eigenvalue weighted by Gasteiger charge is -2.08. The van der Waals surface area contributed by atoms with E-state index in [4.69, 9.17) is 22.4 Å². The van der Waals surface area contributed by atoms with Crippen molar-refractivity contribution in [3.05, 3.63) is 53.1 Å². The summed E-state index contributed by atoms with van der Waals surface area (Å²) in [6.07, 6.45) is 0. The summed E-state index contributed by atoms with van der Waals surface area (Å²) >= 11 is 5.83. The van der Waals surface area contributed by atoms with Crippen molar-refractivity contribution in [2.24, 2.45) is 0 Å². The maximum absolute atomic E-state index is 11.9. The van der Waals surface area contributed by atoms with Crippen LogP contribution in [0.3, 0.4) is 0 Å². The van der Waals surface area contributed by atoms with Gasteiger partial charge in [0.15, 0.2) is 0 Å². The Morgan fingerprint density at radius 2 is 1.83 bits per heavy atom. The molecular formula is C13H11ClN2O2. The zero-order valence-electron chi connectivity index (χ0n) is 9.35. The smallest absolute Gasteiger partial charge is 0.255 e. The van der Waals surface area contributed by atoms with Crippen molar-refractivity contribution in [2.75, 3.05) is 11.1 Å². The number of rotatable bonds is 2. The predicted molar refractivity (Wildman–Crippen MR) is 71.9 cm³/mol. The van der Waals surface area contributed by atoms with Gasteiger partial charge in [-0.05, 0) is 42.5 Å². The number of hydrogen-bond donors (Lipinski definition) is 3. The molecule has 0 aromatic heterocycles. The molecule has 1 amide bonds. The molecule has 0 heterocycles. The molecule has 4 N–H and O–H groups in total. The zero-order valence-corrected chi connectivity index (χ0v) is 10.1. The number of nitrogens with two attached hydrogens (primary N) is 1. The molecule has 0 spiro atoms. The van der Waals surface area contributed by atoms with E-state index in [0.29, 0.717) is 22.0 Å². The fraction of sp³-hybridized carbons (Fsp3) is 0. The average Bonchev–Trinajstić information content (AvgIpc) is 2.34. The lowest BCUT2D eigenvalue weighted by Crippen LogP contribution is -2.12. The molecule has 0 saturated carbocycles. The van der Waals surface area contributed by atoms with Crippen LogP contribution in [0.15, 0.2) is 42.5 Å². The molecule has 0 fully saturated rings. The maximum Gasteiger partial charge on any atom is 0.255 e. The Balaban J connectivity index is 2.21. The minimum Gasteiger partial charge on any atom is -0.508 e. The highest BCUT2D eigenvalue weighted by Crippen LogP contribution is 2.23. The molecule has 92 valence electrons. The Hall–Kier alpha value is -2.20. The van der Waals surface area contributed by atoms with Gasteiger partial charge in [-0.25, -0.2) is 0 Å². The molecule has 0 aliphatic carbocycles. The molecule has 4 nitrogen and oxygen atoms in total. The molecule has 0 atom stereocenters. The highest BCUT2D eigenvalue weighted by atomic mass is 35.5. The Kier molecular flexibility index (Phi) is 3.39. The van der Waals surface area contributed by atoms with E-state index in [1.54, 1.807) is 18.2 Å². The molecule has 2 aromatic carbocycles. The van der Waals surface area contributed by atoms with E-state index in [2.05, 4.69) is 5.32 Å². The number of halogens is 1. The number of phenolic OH excluding ortho intramolecular Hbond substituents is 1. The summed E-state index contributed by atoms with van der Waals surface area (Å²) in [4.78, 5) is 11.9. The van der Waals surface area contributed by atoms with Crippen LogP contribution < -0.4 is 11.1 Å². The number of aromatic hydroxyl groups is 1. The van der Waals surface area contributed by atoms with Gasteiger partial charge in [-0.15, -0.1) is 0 Å². The number of benzene rings is 2. The van der Waals surface area contributed by atoms with Crippen LogP contribution in [0, 0.1) is 0 Å². The number of nitrogen functional groups attached to an aromatic ring is 1. The minimum atomic E-state index is -0.316. The van der Waals surface area contributed by atoms with Gasteiger partial charge in [-0.2, -0.15) is 0 Å². The Morgan fingerprint density at radius 1 is 1.17 bits per heavy atom. The second kappa shape index (κ2) is 4.98. The summed E-state index contributed by atoms with van der Waals surface area (Å²) < 4.78 is 0. The van der Waals surface area contributed by atoms with Crippen molar-refractivity contribution in [1.82, 2.24) is 0 Å². The van der Waals surface area contributed by atoms with E-state index in [9.17, 15) is 4.79 Å². The third kappa shape index (κ3) is 2.73. The van der Waals surface area contributed by atoms with Gasteiger partial charge in [-0.1, -0.05) is 11.6 Å². The summed E-state index contributed by atoms with van der Waals surface area (Å²) in [5, 5.41) is 12.3. The van der Waals surface area contributed by atoms with E-state index in [1.807, 2.05) is 0 Å². The summed E-state index contributed by atoms with van der Waals surface area (Å²) in [6.45, 7) is 0. The van der Waals surface area contributed by atoms with E-state index in [0.717, 1.165) is 0 Å². The van der Waals surface area contributed by atoms with Crippen LogP contribution in [0.1, 0.15) is 10.4 Å². The number of carbonyl (C=O) groups is 1. The van der Waals surface area contributed by atoms with Gasteiger partial charge in [0.2, 0.25) is 0 Å². The van der Waals surface area contributed by atoms with Gasteiger partial charge >= 0.3 is 0 Å². The van der Waals surface area contributed by atoms with Crippen molar-refractivity contribution < 1.29 is 9.90 Å². The molecule has 0 radical (unpaired) electrons. The fourth-order valence-corrected chi connectivity index (χ4v) is 1.62. The van der Waals surface area contributed by atoms with Gasteiger partial charge in [0.1, 0.15) is 5.75 Å². The van der Waals surface area contributed by atoms with Crippen LogP contribution in [0.4, 0.5) is 11.4 Å². The van der Waals surface area contributed by atoms with Gasteiger partial charge in [0.25, 0.3) is 5.91 Å². The molecule has 0 aliphatic heterocycles. The quantitative estimate of drug-likeness (QED) is 0.729. The van der Waals surface area contributed by atoms with E-state index in [1.165, 1.54) is 24.3 Å². The summed E-state index contributed by atoms with van der Waals surface area (Å²) in [5.41, 5.74) is 7.05. The van der Waals surface area contributed by atoms with Crippen LogP contribution in [0.25, 0.3) is 0 Å². The lowest BCUT2D eigenvalue weighted by atomic mass is 10.2. The van der Waals surface area contributed by atoms with E-state index < -0.39 is 0 Å². The molecular weight excluding hydrogens is 252 g/mol. The largest absolute Gasteiger partial charge is 0.508 e. The molecule has 0 bridgehead atoms. The summed E-state index contributed by atoms with van der Waals surface area (Å²) in [6, 6.07) is 10.8. The van der Waals surface area contributed by atoms with Crippen molar-refractivity contribution in [3.8, 4) is 5.75 Å². The number of amides is 1. The topological polar surface area (TPSA) is 75.3 Å². The zero-order chi connectivity index (χ0) is 13.1. The summed E-state index contributed by atoms with van der Waals surface area (Å²) in [5.74, 6) is -0.210. The molecule has 0 unspecified atom stereocenters. The first-order chi connectivity index (χ1) is 8.56. The number of phenols is 1. The number of carbonyl (C=O) groups excluding carboxylic acids is 1. The van der Waals surface area contributed by atoms with Gasteiger partial charge in [-0.3, -0.25) is 4.79 Å². The Bertz CT molecular complexity index is 582. The third-order valence-corrected chi connectivity index (χ3v) is 2.63. The number of hydrogen-bond acceptors (Lipinski definition) is 3. The van der Waals surface area contributed by atoms with Gasteiger partial charge in [0, 0.05) is 10.6 Å². The average molecular weight is 263 g/mol. The second-order valence-electron chi connectivity index (χ2n) is 3.73. The monoisotopic (exact) mass is 262 g/mol. The van der Waals surface area contributed by atoms with Crippen LogP contribution in [0.5, 0.6) is 5.75 Å². The third-order valence-electron chi connectivity index (χ3n) is 2.39. The molecule has 5 heteroatoms. The maximum atomic E-state index is 11.9. The summed E-state index contributed by atoms with van der Waals surface area (Å²) in [7, 11) is 0. The molecule has 18 heavy (non-hydrogen) atoms.